The van der Waals surface area contributed by atoms with Crippen LogP contribution in [0.1, 0.15) is 64.6 Å². The topological polar surface area (TPSA) is 48.8 Å². The van der Waals surface area contributed by atoms with Gasteiger partial charge in [-0.2, -0.15) is 0 Å². The van der Waals surface area contributed by atoms with Crippen LogP contribution in [0.3, 0.4) is 0 Å². The van der Waals surface area contributed by atoms with Crippen molar-refractivity contribution < 1.29 is 4.79 Å². The van der Waals surface area contributed by atoms with E-state index in [0.29, 0.717) is 11.3 Å². The number of carbonyl (C=O) groups is 1. The zero-order valence-electron chi connectivity index (χ0n) is 21.8. The molecule has 0 bridgehead atoms. The third kappa shape index (κ3) is 4.03. The van der Waals surface area contributed by atoms with Gasteiger partial charge in [0.15, 0.2) is 5.43 Å². The summed E-state index contributed by atoms with van der Waals surface area (Å²) in [5.74, 6) is -0.0961. The van der Waals surface area contributed by atoms with Gasteiger partial charge in [-0.3, -0.25) is 19.3 Å². The molecule has 0 N–H and O–H groups in total. The van der Waals surface area contributed by atoms with Gasteiger partial charge in [-0.25, -0.2) is 0 Å². The van der Waals surface area contributed by atoms with E-state index in [9.17, 15) is 9.59 Å². The summed E-state index contributed by atoms with van der Waals surface area (Å²) in [6.45, 7) is 8.95. The second kappa shape index (κ2) is 9.94. The number of amides is 1. The van der Waals surface area contributed by atoms with Gasteiger partial charge in [-0.15, -0.1) is 0 Å². The van der Waals surface area contributed by atoms with Gasteiger partial charge in [0.2, 0.25) is 0 Å². The van der Waals surface area contributed by atoms with Gasteiger partial charge in [0.25, 0.3) is 5.91 Å². The lowest BCUT2D eigenvalue weighted by molar-refractivity contribution is 0.0595. The fourth-order valence-corrected chi connectivity index (χ4v) is 5.94. The van der Waals surface area contributed by atoms with Crippen molar-refractivity contribution in [3.05, 3.63) is 105 Å². The van der Waals surface area contributed by atoms with Crippen LogP contribution >= 0.6 is 0 Å². The fraction of sp³-hybridized carbons (Fsp3) is 0.400. The molecule has 1 aliphatic carbocycles. The molecular formula is C30H36N4O2. The summed E-state index contributed by atoms with van der Waals surface area (Å²) in [6.07, 6.45) is 4.39. The van der Waals surface area contributed by atoms with Crippen LogP contribution in [0.5, 0.6) is 0 Å². The number of rotatable bonds is 6. The number of carbonyl (C=O) groups excluding carboxylic acids is 1. The number of benzene rings is 2. The highest BCUT2D eigenvalue weighted by molar-refractivity contribution is 5.95. The molecule has 36 heavy (non-hydrogen) atoms. The Morgan fingerprint density at radius 1 is 0.889 bits per heavy atom. The van der Waals surface area contributed by atoms with E-state index in [1.165, 1.54) is 22.3 Å². The van der Waals surface area contributed by atoms with Crippen LogP contribution in [0, 0.1) is 6.92 Å². The van der Waals surface area contributed by atoms with Crippen LogP contribution in [0.2, 0.25) is 0 Å². The average molecular weight is 485 g/mol. The first-order valence-corrected chi connectivity index (χ1v) is 13.1. The molecule has 0 spiro atoms. The predicted molar refractivity (Wildman–Crippen MR) is 144 cm³/mol. The van der Waals surface area contributed by atoms with Crippen LogP contribution in [-0.2, 0) is 12.8 Å². The second-order valence-corrected chi connectivity index (χ2v) is 9.89. The molecule has 0 radical (unpaired) electrons. The zero-order chi connectivity index (χ0) is 25.4. The summed E-state index contributed by atoms with van der Waals surface area (Å²) >= 11 is 0. The Morgan fingerprint density at radius 3 is 2.06 bits per heavy atom. The largest absolute Gasteiger partial charge is 0.318 e. The monoisotopic (exact) mass is 484 g/mol. The van der Waals surface area contributed by atoms with Gasteiger partial charge in [0.05, 0.1) is 6.04 Å². The Balaban J connectivity index is 1.75. The number of nitrogens with zero attached hydrogens (tertiary/aromatic N) is 4. The maximum Gasteiger partial charge on any atom is 0.274 e. The number of aromatic nitrogens is 1. The second-order valence-electron chi connectivity index (χ2n) is 9.89. The van der Waals surface area contributed by atoms with Crippen molar-refractivity contribution in [2.24, 2.45) is 0 Å². The molecule has 6 nitrogen and oxygen atoms in total. The summed E-state index contributed by atoms with van der Waals surface area (Å²) in [5.41, 5.74) is 6.05. The van der Waals surface area contributed by atoms with Crippen molar-refractivity contribution in [2.75, 3.05) is 31.7 Å². The zero-order valence-corrected chi connectivity index (χ0v) is 21.8. The fourth-order valence-electron chi connectivity index (χ4n) is 5.94. The maximum absolute atomic E-state index is 13.7. The Hall–Kier alpha value is -3.38. The Kier molecular flexibility index (Phi) is 6.71. The van der Waals surface area contributed by atoms with Crippen molar-refractivity contribution >= 4 is 5.91 Å². The van der Waals surface area contributed by atoms with Crippen LogP contribution in [0.15, 0.2) is 65.6 Å². The smallest absolute Gasteiger partial charge is 0.274 e. The summed E-state index contributed by atoms with van der Waals surface area (Å²) in [5, 5.41) is 2.36. The number of hydrogen-bond donors (Lipinski definition) is 0. The highest BCUT2D eigenvalue weighted by atomic mass is 16.2. The van der Waals surface area contributed by atoms with Crippen LogP contribution in [-0.4, -0.2) is 53.2 Å². The third-order valence-corrected chi connectivity index (χ3v) is 8.07. The lowest BCUT2D eigenvalue weighted by Gasteiger charge is -2.50. The van der Waals surface area contributed by atoms with Gasteiger partial charge in [0.1, 0.15) is 11.9 Å². The molecule has 6 heteroatoms. The van der Waals surface area contributed by atoms with E-state index in [0.717, 1.165) is 38.9 Å². The van der Waals surface area contributed by atoms with E-state index in [2.05, 4.69) is 72.3 Å². The molecule has 0 fully saturated rings. The van der Waals surface area contributed by atoms with Gasteiger partial charge in [-0.05, 0) is 55.1 Å². The molecule has 0 saturated heterocycles. The predicted octanol–water partition coefficient (Wildman–Crippen LogP) is 4.13. The Labute approximate surface area is 213 Å². The van der Waals surface area contributed by atoms with Crippen LogP contribution in [0.4, 0.5) is 0 Å². The van der Waals surface area contributed by atoms with Crippen molar-refractivity contribution in [3.63, 3.8) is 0 Å². The normalized spacial score (nSPS) is 17.6. The van der Waals surface area contributed by atoms with Crippen molar-refractivity contribution in [1.29, 1.82) is 0 Å². The molecule has 2 heterocycles. The summed E-state index contributed by atoms with van der Waals surface area (Å²) in [4.78, 5) is 30.6. The minimum Gasteiger partial charge on any atom is -0.318 e. The Bertz CT molecular complexity index is 1280. The molecule has 0 saturated carbocycles. The van der Waals surface area contributed by atoms with E-state index in [1.54, 1.807) is 19.2 Å². The van der Waals surface area contributed by atoms with Gasteiger partial charge >= 0.3 is 0 Å². The lowest BCUT2D eigenvalue weighted by atomic mass is 9.93. The van der Waals surface area contributed by atoms with E-state index >= 15 is 0 Å². The van der Waals surface area contributed by atoms with E-state index in [-0.39, 0.29) is 23.5 Å². The maximum atomic E-state index is 13.7. The molecule has 2 aromatic carbocycles. The lowest BCUT2D eigenvalue weighted by Crippen LogP contribution is -2.62. The van der Waals surface area contributed by atoms with Gasteiger partial charge in [-0.1, -0.05) is 62.4 Å². The molecule has 2 aliphatic rings. The van der Waals surface area contributed by atoms with E-state index < -0.39 is 0 Å². The summed E-state index contributed by atoms with van der Waals surface area (Å²) in [7, 11) is 1.89. The number of hydrogen-bond acceptors (Lipinski definition) is 4. The quantitative estimate of drug-likeness (QED) is 0.528. The SMILES string of the molecule is CCN(CC)CCC1N(C)C(=O)c2c(C)c(=O)ccn2N1C1c2ccccc2CCc2ccccc21. The molecule has 5 rings (SSSR count). The molecule has 1 unspecified atom stereocenters. The first-order chi connectivity index (χ1) is 17.5. The number of fused-ring (bicyclic) bond motifs is 3. The van der Waals surface area contributed by atoms with Gasteiger partial charge < -0.3 is 9.80 Å². The molecule has 1 atom stereocenters. The molecule has 1 aliphatic heterocycles. The van der Waals surface area contributed by atoms with Crippen molar-refractivity contribution in [2.45, 2.75) is 52.2 Å². The number of pyridine rings is 1. The minimum atomic E-state index is -0.170. The van der Waals surface area contributed by atoms with Crippen molar-refractivity contribution in [1.82, 2.24) is 14.5 Å². The van der Waals surface area contributed by atoms with Crippen LogP contribution in [0.25, 0.3) is 0 Å². The summed E-state index contributed by atoms with van der Waals surface area (Å²) in [6, 6.07) is 18.9. The molecule has 1 aromatic heterocycles. The van der Waals surface area contributed by atoms with Gasteiger partial charge in [0, 0.05) is 37.8 Å². The molecular weight excluding hydrogens is 448 g/mol. The number of aryl methyl sites for hydroxylation is 2. The highest BCUT2D eigenvalue weighted by Gasteiger charge is 2.42. The van der Waals surface area contributed by atoms with Crippen LogP contribution < -0.4 is 10.4 Å². The summed E-state index contributed by atoms with van der Waals surface area (Å²) < 4.78 is 1.98. The third-order valence-electron chi connectivity index (χ3n) is 8.07. The highest BCUT2D eigenvalue weighted by Crippen LogP contribution is 2.39. The molecule has 188 valence electrons. The average Bonchev–Trinajstić information content (AvgIpc) is 3.06. The Morgan fingerprint density at radius 2 is 1.47 bits per heavy atom. The minimum absolute atomic E-state index is 0.0854. The van der Waals surface area contributed by atoms with E-state index in [1.807, 2.05) is 16.6 Å². The standard InChI is InChI=1S/C30H36N4O2/c1-5-32(6-2)19-18-27-31(4)30(36)28-21(3)26(35)17-20-33(28)34(27)29-24-13-9-7-11-22(24)15-16-23-12-8-10-14-25(23)29/h7-14,17,20,27,29H,5-6,15-16,18-19H2,1-4H3. The van der Waals surface area contributed by atoms with Crippen molar-refractivity contribution in [3.8, 4) is 0 Å². The first kappa shape index (κ1) is 24.3. The van der Waals surface area contributed by atoms with E-state index in [4.69, 9.17) is 0 Å². The molecule has 1 amide bonds. The first-order valence-electron chi connectivity index (χ1n) is 13.1. The molecule has 3 aromatic rings.